The Balaban J connectivity index is 0.000000153. The van der Waals surface area contributed by atoms with E-state index >= 15 is 0 Å². The summed E-state index contributed by atoms with van der Waals surface area (Å²) in [5.41, 5.74) is 5.88. The minimum atomic E-state index is -2.03. The normalized spacial score (nSPS) is 37.7. The number of fused-ring (bicyclic) bond motifs is 6. The van der Waals surface area contributed by atoms with Gasteiger partial charge in [-0.25, -0.2) is 0 Å². The Morgan fingerprint density at radius 1 is 0.480 bits per heavy atom. The maximum Gasteiger partial charge on any atom is 0.192 e. The molecule has 17 rings (SSSR count). The largest absolute Gasteiger partial charge is 0.410 e. The van der Waals surface area contributed by atoms with Crippen molar-refractivity contribution in [2.24, 2.45) is 104 Å². The van der Waals surface area contributed by atoms with Gasteiger partial charge in [0, 0.05) is 90.6 Å². The highest BCUT2D eigenvalue weighted by Gasteiger charge is 2.72. The minimum absolute atomic E-state index is 0.000124. The molecule has 4 N–H and O–H groups in total. The van der Waals surface area contributed by atoms with Crippen LogP contribution in [0.1, 0.15) is 268 Å². The Bertz CT molecular complexity index is 3750. The van der Waals surface area contributed by atoms with Gasteiger partial charge in [0.05, 0.1) is 115 Å². The number of carbonyl (C=O) groups excluding carboxylic acids is 1. The molecular weight excluding hydrogens is 1770 g/mol. The van der Waals surface area contributed by atoms with Gasteiger partial charge in [-0.1, -0.05) is 170 Å². The lowest BCUT2D eigenvalue weighted by Crippen LogP contribution is -2.58. The number of ether oxygens (including phenoxy) is 10. The molecule has 5 heterocycles. The molecule has 12 aliphatic carbocycles. The predicted octanol–water partition coefficient (Wildman–Crippen LogP) is 22.5. The van der Waals surface area contributed by atoms with E-state index in [1.807, 2.05) is 0 Å². The van der Waals surface area contributed by atoms with Crippen LogP contribution < -0.4 is 0 Å². The van der Waals surface area contributed by atoms with Crippen molar-refractivity contribution in [3.8, 4) is 12.1 Å². The monoisotopic (exact) mass is 1930 g/mol. The molecule has 127 heavy (non-hydrogen) atoms. The fourth-order valence-corrected chi connectivity index (χ4v) is 32.3. The molecule has 23 heteroatoms. The number of hydrogen-bond acceptors (Lipinski definition) is 19. The highest BCUT2D eigenvalue weighted by atomic mass is 79.9. The molecule has 15 unspecified atom stereocenters. The van der Waals surface area contributed by atoms with E-state index in [1.165, 1.54) is 43.1 Å². The van der Waals surface area contributed by atoms with E-state index in [4.69, 9.17) is 56.2 Å². The second kappa shape index (κ2) is 41.9. The van der Waals surface area contributed by atoms with Gasteiger partial charge in [-0.15, -0.1) is 26.3 Å². The van der Waals surface area contributed by atoms with Crippen LogP contribution in [-0.2, 0) is 61.0 Å². The lowest BCUT2D eigenvalue weighted by Gasteiger charge is -2.55. The molecule has 21 atom stereocenters. The Kier molecular flexibility index (Phi) is 34.6. The molecule has 0 aromatic rings. The summed E-state index contributed by atoms with van der Waals surface area (Å²) in [5.74, 6) is -2.14. The quantitative estimate of drug-likeness (QED) is 0.0347. The van der Waals surface area contributed by atoms with E-state index in [0.29, 0.717) is 84.3 Å². The molecule has 17 fully saturated rings. The average Bonchev–Trinajstić information content (AvgIpc) is 1.42. The first-order valence-electron chi connectivity index (χ1n) is 49.3. The number of rotatable bonds is 17. The minimum Gasteiger partial charge on any atom is -0.410 e. The molecule has 0 amide bonds. The van der Waals surface area contributed by atoms with Crippen molar-refractivity contribution in [1.82, 2.24) is 0 Å². The van der Waals surface area contributed by atoms with Crippen LogP contribution in [-0.4, -0.2) is 180 Å². The first-order valence-corrected chi connectivity index (χ1v) is 57.3. The van der Waals surface area contributed by atoms with Gasteiger partial charge in [-0.3, -0.25) is 0 Å². The van der Waals surface area contributed by atoms with E-state index in [9.17, 15) is 35.7 Å². The summed E-state index contributed by atoms with van der Waals surface area (Å²) in [5, 5.41) is 64.5. The Hall–Kier alpha value is -2.42. The van der Waals surface area contributed by atoms with Crippen LogP contribution >= 0.6 is 31.9 Å². The molecule has 0 aromatic heterocycles. The molecule has 5 saturated heterocycles. The van der Waals surface area contributed by atoms with Gasteiger partial charge in [0.25, 0.3) is 0 Å². The zero-order chi connectivity index (χ0) is 93.1. The third-order valence-electron chi connectivity index (χ3n) is 36.4. The number of hydrogen-bond donors (Lipinski definition) is 4. The summed E-state index contributed by atoms with van der Waals surface area (Å²) >= 11 is 7.07. The molecule has 0 aromatic carbocycles. The number of aliphatic hydroxyl groups excluding tert-OH is 2. The number of allylic oxidation sites excluding steroid dienone is 2. The maximum atomic E-state index is 11.7. The molecule has 17 aliphatic rings. The first kappa shape index (κ1) is 105. The summed E-state index contributed by atoms with van der Waals surface area (Å²) in [6, 6.07) is 5.11. The number of carbonyl (C=O) groups is 1. The van der Waals surface area contributed by atoms with Crippen molar-refractivity contribution in [2.45, 2.75) is 357 Å². The van der Waals surface area contributed by atoms with Crippen molar-refractivity contribution >= 4 is 54.8 Å². The van der Waals surface area contributed by atoms with Crippen LogP contribution in [0.4, 0.5) is 0 Å². The molecule has 12 saturated carbocycles. The number of aldehydes is 1. The van der Waals surface area contributed by atoms with Crippen molar-refractivity contribution in [3.05, 3.63) is 87.1 Å². The number of alkyl halides is 2. The van der Waals surface area contributed by atoms with Crippen LogP contribution in [0.15, 0.2) is 87.1 Å². The van der Waals surface area contributed by atoms with E-state index < -0.39 is 51.4 Å². The van der Waals surface area contributed by atoms with Gasteiger partial charge in [-0.05, 0) is 239 Å². The van der Waals surface area contributed by atoms with Crippen LogP contribution in [0, 0.1) is 127 Å². The summed E-state index contributed by atoms with van der Waals surface area (Å²) in [7, 11) is -3.96. The van der Waals surface area contributed by atoms with Gasteiger partial charge >= 0.3 is 0 Å². The standard InChI is InChI=1S/C23H40O5Si.C23H40O4Si.C18H26BrNO2.C18H27BrO3.C18H27NO3.2C2H4/c1-16-14-22(24,25)17-8-7-9-21(10-11-23(19(17)21)26-12-13-27-23)15-18(16)28-29(5,6)20(2,3)4;1-16-14-18(24)17-8-7-9-22(10-11-23(20(17)22)25-12-13-26-23)15-19(16)27-28(5,6)21(2,3)4;2*1-13(14(2)11-19)10-17-5-3-4-15(12-20)16(17)18(7-6-17)21-8-9-22-18;1-13(14(2)12-20)10-17-5-3-4-15(11-19)16(17)18(7-6-17)21-8-9-22-18;2*1-2/h17-19,24-25H,1,7-15H2,2-6H3;17-20,24H,1,7-15H2,2-6H3;13,15-16H,2-11H2,1H3;12-13,15-16H,2-11H2,1H3;13,15-16,20H,2-10,12H2,1H3;2*1-2H2/t17?,18-,19?,21?;17?,18-,19+,20?,22?;3*13-,15?,16?,17?;;/m10111../s1. The van der Waals surface area contributed by atoms with Crippen molar-refractivity contribution in [1.29, 1.82) is 10.5 Å². The summed E-state index contributed by atoms with van der Waals surface area (Å²) < 4.78 is 75.2. The van der Waals surface area contributed by atoms with Crippen LogP contribution in [0.2, 0.25) is 36.3 Å². The second-order valence-corrected chi connectivity index (χ2v) is 55.9. The zero-order valence-electron chi connectivity index (χ0n) is 80.7. The summed E-state index contributed by atoms with van der Waals surface area (Å²) in [4.78, 5) is 11.7. The van der Waals surface area contributed by atoms with E-state index in [0.717, 1.165) is 194 Å². The Morgan fingerprint density at radius 2 is 0.811 bits per heavy atom. The lowest BCUT2D eigenvalue weighted by molar-refractivity contribution is -0.287. The number of nitriles is 2. The number of aliphatic hydroxyl groups is 4. The van der Waals surface area contributed by atoms with E-state index in [1.54, 1.807) is 0 Å². The molecule has 4 bridgehead atoms. The van der Waals surface area contributed by atoms with Crippen molar-refractivity contribution in [2.75, 3.05) is 83.3 Å². The fraction of sp³-hybridized carbons (Fsp3) is 0.837. The fourth-order valence-electron chi connectivity index (χ4n) is 28.5. The molecule has 5 aliphatic heterocycles. The molecule has 19 nitrogen and oxygen atoms in total. The highest BCUT2D eigenvalue weighted by Crippen LogP contribution is 2.71. The van der Waals surface area contributed by atoms with Gasteiger partial charge in [0.1, 0.15) is 6.29 Å². The molecule has 0 radical (unpaired) electrons. The topological polar surface area (TPSA) is 256 Å². The average molecular weight is 1930 g/mol. The van der Waals surface area contributed by atoms with Gasteiger partial charge in [-0.2, -0.15) is 10.5 Å². The smallest absolute Gasteiger partial charge is 0.192 e. The lowest BCUT2D eigenvalue weighted by atomic mass is 9.56. The summed E-state index contributed by atoms with van der Waals surface area (Å²) in [6.45, 7) is 69.2. The second-order valence-electron chi connectivity index (χ2n) is 45.2. The van der Waals surface area contributed by atoms with Crippen LogP contribution in [0.5, 0.6) is 0 Å². The predicted molar refractivity (Wildman–Crippen MR) is 513 cm³/mol. The van der Waals surface area contributed by atoms with Gasteiger partial charge < -0.3 is 81.4 Å². The maximum absolute atomic E-state index is 11.7. The van der Waals surface area contributed by atoms with E-state index in [2.05, 4.69) is 192 Å². The molecular formula is C104H168Br2N2O17Si2. The number of nitrogens with zero attached hydrogens (tertiary/aromatic N) is 2. The van der Waals surface area contributed by atoms with Gasteiger partial charge in [0.15, 0.2) is 51.4 Å². The highest BCUT2D eigenvalue weighted by molar-refractivity contribution is 9.09. The van der Waals surface area contributed by atoms with Crippen molar-refractivity contribution < 1.29 is 81.4 Å². The van der Waals surface area contributed by atoms with E-state index in [-0.39, 0.29) is 134 Å². The third kappa shape index (κ3) is 20.8. The Labute approximate surface area is 785 Å². The van der Waals surface area contributed by atoms with Crippen molar-refractivity contribution in [3.63, 3.8) is 0 Å². The Morgan fingerprint density at radius 3 is 1.19 bits per heavy atom. The summed E-state index contributed by atoms with van der Waals surface area (Å²) in [6.07, 6.45) is 32.8. The third-order valence-corrected chi connectivity index (χ3v) is 46.8. The van der Waals surface area contributed by atoms with Crippen LogP contribution in [0.25, 0.3) is 0 Å². The molecule has 5 spiro atoms. The first-order chi connectivity index (χ1) is 60.0. The molecule has 718 valence electrons. The van der Waals surface area contributed by atoms with Crippen LogP contribution in [0.3, 0.4) is 0 Å². The SMILES string of the molecule is C=C.C=C.C=C(CBr)[C@H](C)CC12CCCC(C#N)C1C1(CC2)OCCO1.C=C(CBr)[C@H](C)CC12CCCC(C=O)C1C1(CC2)OCCO1.C=C(CO)[C@H](C)CC12CCCC(C#N)C1C1(CC2)OCCO1.C=C1CC(O)(O)C2CCCC3(CCC4(OCCO4)C23)C[C@H]1O[Si](C)(C)C(C)(C)C.C=C1C[C@H](O)C2CCCC3(CCC4(OCCO4)C23)C[C@H]1O[Si](C)(C)C(C)(C)C. The number of halogens is 2. The zero-order valence-corrected chi connectivity index (χ0v) is 85.9. The van der Waals surface area contributed by atoms with Gasteiger partial charge in [0.2, 0.25) is 0 Å².